The van der Waals surface area contributed by atoms with E-state index in [2.05, 4.69) is 21.3 Å². The Morgan fingerprint density at radius 3 is 3.08 bits per heavy atom. The van der Waals surface area contributed by atoms with Crippen LogP contribution in [0, 0.1) is 6.33 Å². The molecule has 0 aromatic carbocycles. The molecule has 0 saturated heterocycles. The molecule has 12 heavy (non-hydrogen) atoms. The molecule has 0 saturated carbocycles. The Morgan fingerprint density at radius 2 is 2.42 bits per heavy atom. The summed E-state index contributed by atoms with van der Waals surface area (Å²) < 4.78 is 10.1. The largest absolute Gasteiger partial charge is 0.461 e. The Labute approximate surface area is 70.8 Å². The van der Waals surface area contributed by atoms with E-state index in [4.69, 9.17) is 9.47 Å². The standard InChI is InChI=1S/C7H10N3O2/c1-2-11-3-4-12-7-9-5-8-6-10-7/h5H,2-4H2,1H3. The molecule has 0 fully saturated rings. The van der Waals surface area contributed by atoms with Crippen molar-refractivity contribution in [2.45, 2.75) is 6.92 Å². The molecule has 0 atom stereocenters. The quantitative estimate of drug-likeness (QED) is 0.583. The molecule has 1 rings (SSSR count). The van der Waals surface area contributed by atoms with Crippen molar-refractivity contribution in [2.24, 2.45) is 0 Å². The first kappa shape index (κ1) is 8.86. The topological polar surface area (TPSA) is 57.1 Å². The first-order valence-electron chi connectivity index (χ1n) is 3.69. The summed E-state index contributed by atoms with van der Waals surface area (Å²) in [4.78, 5) is 10.9. The molecule has 0 aliphatic rings. The number of hydrogen-bond acceptors (Lipinski definition) is 5. The van der Waals surface area contributed by atoms with Gasteiger partial charge in [0.15, 0.2) is 0 Å². The van der Waals surface area contributed by atoms with Gasteiger partial charge in [0, 0.05) is 6.61 Å². The minimum Gasteiger partial charge on any atom is -0.461 e. The van der Waals surface area contributed by atoms with Crippen molar-refractivity contribution >= 4 is 0 Å². The van der Waals surface area contributed by atoms with Gasteiger partial charge in [0.1, 0.15) is 12.9 Å². The molecule has 0 aliphatic heterocycles. The van der Waals surface area contributed by atoms with Gasteiger partial charge in [-0.2, -0.15) is 9.97 Å². The van der Waals surface area contributed by atoms with E-state index in [1.54, 1.807) is 0 Å². The third-order valence-electron chi connectivity index (χ3n) is 1.09. The van der Waals surface area contributed by atoms with E-state index in [0.717, 1.165) is 0 Å². The van der Waals surface area contributed by atoms with Gasteiger partial charge >= 0.3 is 6.01 Å². The first-order chi connectivity index (χ1) is 5.93. The number of hydrogen-bond donors (Lipinski definition) is 0. The van der Waals surface area contributed by atoms with E-state index >= 15 is 0 Å². The number of aromatic nitrogens is 3. The second-order valence-electron chi connectivity index (χ2n) is 1.91. The molecule has 1 radical (unpaired) electrons. The van der Waals surface area contributed by atoms with Gasteiger partial charge in [0.05, 0.1) is 6.61 Å². The van der Waals surface area contributed by atoms with Crippen LogP contribution < -0.4 is 4.74 Å². The van der Waals surface area contributed by atoms with E-state index < -0.39 is 0 Å². The van der Waals surface area contributed by atoms with Crippen molar-refractivity contribution < 1.29 is 9.47 Å². The minimum atomic E-state index is 0.282. The lowest BCUT2D eigenvalue weighted by molar-refractivity contribution is 0.106. The number of nitrogens with zero attached hydrogens (tertiary/aromatic N) is 3. The SMILES string of the molecule is CCOCCOc1n[c]ncn1. The smallest absolute Gasteiger partial charge is 0.320 e. The number of ether oxygens (including phenoxy) is 2. The van der Waals surface area contributed by atoms with Crippen molar-refractivity contribution in [1.29, 1.82) is 0 Å². The van der Waals surface area contributed by atoms with Crippen LogP contribution in [0.25, 0.3) is 0 Å². The predicted molar refractivity (Wildman–Crippen MR) is 40.7 cm³/mol. The fraction of sp³-hybridized carbons (Fsp3) is 0.571. The third-order valence-corrected chi connectivity index (χ3v) is 1.09. The summed E-state index contributed by atoms with van der Waals surface area (Å²) in [6.07, 6.45) is 3.71. The highest BCUT2D eigenvalue weighted by Crippen LogP contribution is 1.94. The minimum absolute atomic E-state index is 0.282. The van der Waals surface area contributed by atoms with Crippen molar-refractivity contribution in [2.75, 3.05) is 19.8 Å². The predicted octanol–water partition coefficient (Wildman–Crippen LogP) is 0.0871. The molecule has 0 spiro atoms. The number of rotatable bonds is 5. The van der Waals surface area contributed by atoms with E-state index in [1.165, 1.54) is 6.33 Å². The molecular formula is C7H10N3O2. The van der Waals surface area contributed by atoms with Crippen LogP contribution in [-0.2, 0) is 4.74 Å². The normalized spacial score (nSPS) is 9.75. The summed E-state index contributed by atoms with van der Waals surface area (Å²) >= 11 is 0. The van der Waals surface area contributed by atoms with E-state index in [1.807, 2.05) is 6.92 Å². The molecule has 65 valence electrons. The van der Waals surface area contributed by atoms with Gasteiger partial charge in [-0.1, -0.05) is 0 Å². The zero-order valence-corrected chi connectivity index (χ0v) is 6.86. The molecule has 5 nitrogen and oxygen atoms in total. The van der Waals surface area contributed by atoms with Crippen molar-refractivity contribution in [3.05, 3.63) is 12.7 Å². The van der Waals surface area contributed by atoms with Crippen LogP contribution in [0.3, 0.4) is 0 Å². The van der Waals surface area contributed by atoms with Crippen LogP contribution in [0.4, 0.5) is 0 Å². The Morgan fingerprint density at radius 1 is 1.50 bits per heavy atom. The zero-order valence-electron chi connectivity index (χ0n) is 6.86. The lowest BCUT2D eigenvalue weighted by atomic mass is 10.7. The Hall–Kier alpha value is -1.23. The second-order valence-corrected chi connectivity index (χ2v) is 1.91. The maximum atomic E-state index is 5.09. The third kappa shape index (κ3) is 3.25. The molecule has 0 amide bonds. The highest BCUT2D eigenvalue weighted by molar-refractivity contribution is 4.85. The summed E-state index contributed by atoms with van der Waals surface area (Å²) in [7, 11) is 0. The van der Waals surface area contributed by atoms with Gasteiger partial charge in [0.25, 0.3) is 0 Å². The lowest BCUT2D eigenvalue weighted by Crippen LogP contribution is -2.08. The highest BCUT2D eigenvalue weighted by atomic mass is 16.5. The summed E-state index contributed by atoms with van der Waals surface area (Å²) in [5.74, 6) is 0. The maximum absolute atomic E-state index is 5.09. The molecule has 5 heteroatoms. The van der Waals surface area contributed by atoms with Gasteiger partial charge in [-0.3, -0.25) is 0 Å². The molecule has 1 heterocycles. The molecule has 0 aliphatic carbocycles. The van der Waals surface area contributed by atoms with Crippen LogP contribution in [0.2, 0.25) is 0 Å². The highest BCUT2D eigenvalue weighted by Gasteiger charge is 1.93. The fourth-order valence-corrected chi connectivity index (χ4v) is 0.610. The van der Waals surface area contributed by atoms with Gasteiger partial charge in [-0.25, -0.2) is 4.98 Å². The van der Waals surface area contributed by atoms with Crippen LogP contribution >= 0.6 is 0 Å². The molecule has 1 aromatic heterocycles. The Kier molecular flexibility index (Phi) is 4.01. The average molecular weight is 168 g/mol. The van der Waals surface area contributed by atoms with Gasteiger partial charge in [-0.15, -0.1) is 0 Å². The molecule has 1 aromatic rings. The van der Waals surface area contributed by atoms with E-state index in [0.29, 0.717) is 19.8 Å². The van der Waals surface area contributed by atoms with E-state index in [-0.39, 0.29) is 6.01 Å². The van der Waals surface area contributed by atoms with Crippen molar-refractivity contribution in [1.82, 2.24) is 15.0 Å². The zero-order chi connectivity index (χ0) is 8.65. The fourth-order valence-electron chi connectivity index (χ4n) is 0.610. The summed E-state index contributed by atoms with van der Waals surface area (Å²) in [6, 6.07) is 0.282. The van der Waals surface area contributed by atoms with Crippen LogP contribution in [0.15, 0.2) is 6.33 Å². The van der Waals surface area contributed by atoms with Gasteiger partial charge < -0.3 is 9.47 Å². The van der Waals surface area contributed by atoms with Crippen LogP contribution in [0.5, 0.6) is 6.01 Å². The van der Waals surface area contributed by atoms with Gasteiger partial charge in [-0.05, 0) is 6.92 Å². The summed E-state index contributed by atoms with van der Waals surface area (Å²) in [5, 5.41) is 0. The van der Waals surface area contributed by atoms with Crippen LogP contribution in [0.1, 0.15) is 6.92 Å². The van der Waals surface area contributed by atoms with Crippen molar-refractivity contribution in [3.63, 3.8) is 0 Å². The monoisotopic (exact) mass is 168 g/mol. The maximum Gasteiger partial charge on any atom is 0.320 e. The first-order valence-corrected chi connectivity index (χ1v) is 3.69. The van der Waals surface area contributed by atoms with Gasteiger partial charge in [0.2, 0.25) is 6.33 Å². The summed E-state index contributed by atoms with van der Waals surface area (Å²) in [6.45, 7) is 3.61. The Bertz CT molecular complexity index is 205. The Balaban J connectivity index is 2.16. The second kappa shape index (κ2) is 5.42. The average Bonchev–Trinajstić information content (AvgIpc) is 2.14. The molecule has 0 N–H and O–H groups in total. The molecule has 0 unspecified atom stereocenters. The lowest BCUT2D eigenvalue weighted by Gasteiger charge is -2.02. The molecule has 0 bridgehead atoms. The van der Waals surface area contributed by atoms with Crippen LogP contribution in [-0.4, -0.2) is 34.8 Å². The molecular weight excluding hydrogens is 158 g/mol. The summed E-state index contributed by atoms with van der Waals surface area (Å²) in [5.41, 5.74) is 0. The van der Waals surface area contributed by atoms with Crippen molar-refractivity contribution in [3.8, 4) is 6.01 Å². The van der Waals surface area contributed by atoms with E-state index in [9.17, 15) is 0 Å².